The van der Waals surface area contributed by atoms with E-state index in [4.69, 9.17) is 4.74 Å². The van der Waals surface area contributed by atoms with Gasteiger partial charge in [-0.3, -0.25) is 9.59 Å². The molecule has 0 amide bonds. The Morgan fingerprint density at radius 3 is 2.31 bits per heavy atom. The third kappa shape index (κ3) is 5.83. The van der Waals surface area contributed by atoms with Gasteiger partial charge in [-0.1, -0.05) is 36.4 Å². The lowest BCUT2D eigenvalue weighted by atomic mass is 10.0. The minimum Gasteiger partial charge on any atom is -0.456 e. The van der Waals surface area contributed by atoms with Crippen molar-refractivity contribution in [3.8, 4) is 0 Å². The minimum atomic E-state index is -1.02. The van der Waals surface area contributed by atoms with Crippen molar-refractivity contribution in [3.63, 3.8) is 0 Å². The zero-order valence-electron chi connectivity index (χ0n) is 15.3. The Morgan fingerprint density at radius 1 is 0.931 bits per heavy atom. The first-order valence-corrected chi connectivity index (χ1v) is 9.74. The first kappa shape index (κ1) is 20.4. The summed E-state index contributed by atoms with van der Waals surface area (Å²) < 4.78 is 18.3. The van der Waals surface area contributed by atoms with Crippen LogP contribution in [0.1, 0.15) is 26.5 Å². The van der Waals surface area contributed by atoms with Crippen LogP contribution in [0.25, 0.3) is 0 Å². The molecule has 29 heavy (non-hydrogen) atoms. The summed E-state index contributed by atoms with van der Waals surface area (Å²) in [5.41, 5.74) is 0.916. The average molecular weight is 411 g/mol. The van der Waals surface area contributed by atoms with E-state index in [1.54, 1.807) is 47.8 Å². The van der Waals surface area contributed by atoms with Gasteiger partial charge in [0.1, 0.15) is 11.9 Å². The number of anilines is 1. The molecule has 1 aromatic heterocycles. The van der Waals surface area contributed by atoms with Gasteiger partial charge in [0.2, 0.25) is 5.78 Å². The van der Waals surface area contributed by atoms with E-state index in [2.05, 4.69) is 5.32 Å². The molecule has 0 radical (unpaired) electrons. The Kier molecular flexibility index (Phi) is 6.86. The first-order chi connectivity index (χ1) is 14.0. The van der Waals surface area contributed by atoms with Gasteiger partial charge < -0.3 is 10.1 Å². The van der Waals surface area contributed by atoms with Crippen molar-refractivity contribution in [3.05, 3.63) is 88.4 Å². The van der Waals surface area contributed by atoms with Crippen LogP contribution in [0, 0.1) is 5.82 Å². The maximum atomic E-state index is 13.1. The standard InChI is InChI=1S/C22H18FNO4S/c23-16-8-10-17(11-9-16)24-18(13-19(25)15-5-2-1-3-6-15)22(27)28-14-20(26)21-7-4-12-29-21/h1-12,18,24H,13-14H2/t18-/m0/s1. The predicted molar refractivity (Wildman–Crippen MR) is 109 cm³/mol. The molecule has 0 spiro atoms. The van der Waals surface area contributed by atoms with Crippen LogP contribution in [0.2, 0.25) is 0 Å². The van der Waals surface area contributed by atoms with Gasteiger partial charge in [0.25, 0.3) is 0 Å². The number of hydrogen-bond donors (Lipinski definition) is 1. The number of benzene rings is 2. The molecule has 1 atom stereocenters. The van der Waals surface area contributed by atoms with Crippen molar-refractivity contribution < 1.29 is 23.5 Å². The molecule has 0 aliphatic rings. The number of carbonyl (C=O) groups excluding carboxylic acids is 3. The van der Waals surface area contributed by atoms with Crippen molar-refractivity contribution in [1.29, 1.82) is 0 Å². The molecule has 0 unspecified atom stereocenters. The molecule has 3 rings (SSSR count). The smallest absolute Gasteiger partial charge is 0.329 e. The number of hydrogen-bond acceptors (Lipinski definition) is 6. The summed E-state index contributed by atoms with van der Waals surface area (Å²) >= 11 is 1.26. The minimum absolute atomic E-state index is 0.173. The van der Waals surface area contributed by atoms with Crippen LogP contribution in [0.3, 0.4) is 0 Å². The van der Waals surface area contributed by atoms with E-state index >= 15 is 0 Å². The topological polar surface area (TPSA) is 72.5 Å². The molecule has 0 fully saturated rings. The fraction of sp³-hybridized carbons (Fsp3) is 0.136. The van der Waals surface area contributed by atoms with Gasteiger partial charge in [-0.05, 0) is 35.7 Å². The zero-order chi connectivity index (χ0) is 20.6. The third-order valence-corrected chi connectivity index (χ3v) is 5.01. The van der Waals surface area contributed by atoms with Gasteiger partial charge in [-0.25, -0.2) is 9.18 Å². The number of halogens is 1. The van der Waals surface area contributed by atoms with Crippen molar-refractivity contribution in [2.24, 2.45) is 0 Å². The number of rotatable bonds is 9. The van der Waals surface area contributed by atoms with Gasteiger partial charge in [0.15, 0.2) is 12.4 Å². The number of Topliss-reactive ketones (excluding diaryl/α,β-unsaturated/α-hetero) is 2. The van der Waals surface area contributed by atoms with E-state index in [1.807, 2.05) is 0 Å². The fourth-order valence-corrected chi connectivity index (χ4v) is 3.26. The summed E-state index contributed by atoms with van der Waals surface area (Å²) in [5.74, 6) is -1.73. The molecular weight excluding hydrogens is 393 g/mol. The highest BCUT2D eigenvalue weighted by Gasteiger charge is 2.25. The van der Waals surface area contributed by atoms with Crippen molar-refractivity contribution in [2.75, 3.05) is 11.9 Å². The fourth-order valence-electron chi connectivity index (χ4n) is 2.61. The number of thiophene rings is 1. The number of esters is 1. The molecule has 0 saturated heterocycles. The molecule has 0 aliphatic carbocycles. The van der Waals surface area contributed by atoms with Crippen molar-refractivity contribution in [1.82, 2.24) is 0 Å². The second kappa shape index (κ2) is 9.75. The largest absolute Gasteiger partial charge is 0.456 e. The number of nitrogens with one attached hydrogen (secondary N) is 1. The lowest BCUT2D eigenvalue weighted by Crippen LogP contribution is -2.34. The van der Waals surface area contributed by atoms with Crippen LogP contribution < -0.4 is 5.32 Å². The van der Waals surface area contributed by atoms with Crippen LogP contribution in [0.4, 0.5) is 10.1 Å². The monoisotopic (exact) mass is 411 g/mol. The van der Waals surface area contributed by atoms with Gasteiger partial charge >= 0.3 is 5.97 Å². The maximum absolute atomic E-state index is 13.1. The molecule has 0 bridgehead atoms. The van der Waals surface area contributed by atoms with Crippen LogP contribution in [-0.2, 0) is 9.53 Å². The Balaban J connectivity index is 1.70. The van der Waals surface area contributed by atoms with Gasteiger partial charge in [-0.15, -0.1) is 11.3 Å². The van der Waals surface area contributed by atoms with Crippen LogP contribution in [-0.4, -0.2) is 30.2 Å². The highest BCUT2D eigenvalue weighted by molar-refractivity contribution is 7.12. The number of ketones is 2. The molecular formula is C22H18FNO4S. The van der Waals surface area contributed by atoms with Crippen LogP contribution in [0.5, 0.6) is 0 Å². The zero-order valence-corrected chi connectivity index (χ0v) is 16.2. The number of carbonyl (C=O) groups is 3. The van der Waals surface area contributed by atoms with Gasteiger partial charge in [0, 0.05) is 17.7 Å². The Bertz CT molecular complexity index is 972. The van der Waals surface area contributed by atoms with Crippen molar-refractivity contribution >= 4 is 34.6 Å². The molecule has 7 heteroatoms. The normalized spacial score (nSPS) is 11.5. The third-order valence-electron chi connectivity index (χ3n) is 4.10. The summed E-state index contributed by atoms with van der Waals surface area (Å²) in [4.78, 5) is 37.7. The maximum Gasteiger partial charge on any atom is 0.329 e. The summed E-state index contributed by atoms with van der Waals surface area (Å²) in [6, 6.07) is 16.3. The predicted octanol–water partition coefficient (Wildman–Crippen LogP) is 4.37. The second-order valence-corrected chi connectivity index (χ2v) is 7.15. The molecule has 1 heterocycles. The Hall–Kier alpha value is -3.32. The first-order valence-electron chi connectivity index (χ1n) is 8.86. The summed E-state index contributed by atoms with van der Waals surface area (Å²) in [5, 5.41) is 4.65. The molecule has 0 aliphatic heterocycles. The molecule has 148 valence electrons. The quantitative estimate of drug-likeness (QED) is 0.418. The molecule has 1 N–H and O–H groups in total. The lowest BCUT2D eigenvalue weighted by Gasteiger charge is -2.18. The lowest BCUT2D eigenvalue weighted by molar-refractivity contribution is -0.143. The van der Waals surface area contributed by atoms with Gasteiger partial charge in [0.05, 0.1) is 4.88 Å². The molecule has 2 aromatic carbocycles. The van der Waals surface area contributed by atoms with E-state index in [-0.39, 0.29) is 18.0 Å². The van der Waals surface area contributed by atoms with Crippen LogP contribution >= 0.6 is 11.3 Å². The molecule has 0 saturated carbocycles. The average Bonchev–Trinajstić information content (AvgIpc) is 3.28. The summed E-state index contributed by atoms with van der Waals surface area (Å²) in [7, 11) is 0. The Labute approximate surface area is 171 Å². The highest BCUT2D eigenvalue weighted by atomic mass is 32.1. The Morgan fingerprint density at radius 2 is 1.66 bits per heavy atom. The summed E-state index contributed by atoms with van der Waals surface area (Å²) in [6.45, 7) is -0.416. The van der Waals surface area contributed by atoms with E-state index in [0.29, 0.717) is 16.1 Å². The summed E-state index contributed by atoms with van der Waals surface area (Å²) in [6.07, 6.45) is -0.173. The van der Waals surface area contributed by atoms with E-state index in [0.717, 1.165) is 0 Å². The van der Waals surface area contributed by atoms with Gasteiger partial charge in [-0.2, -0.15) is 0 Å². The van der Waals surface area contributed by atoms with E-state index < -0.39 is 24.4 Å². The molecule has 5 nitrogen and oxygen atoms in total. The highest BCUT2D eigenvalue weighted by Crippen LogP contribution is 2.15. The van der Waals surface area contributed by atoms with E-state index in [9.17, 15) is 18.8 Å². The number of ether oxygens (including phenoxy) is 1. The second-order valence-electron chi connectivity index (χ2n) is 6.21. The van der Waals surface area contributed by atoms with Crippen LogP contribution in [0.15, 0.2) is 72.1 Å². The van der Waals surface area contributed by atoms with E-state index in [1.165, 1.54) is 35.6 Å². The molecule has 3 aromatic rings. The SMILES string of the molecule is O=C(C[C@H](Nc1ccc(F)cc1)C(=O)OCC(=O)c1cccs1)c1ccccc1. The van der Waals surface area contributed by atoms with Crippen molar-refractivity contribution in [2.45, 2.75) is 12.5 Å².